The molecular formula is C23H19N3O2. The number of H-pyrrole nitrogens is 1. The van der Waals surface area contributed by atoms with E-state index in [1.807, 2.05) is 30.5 Å². The normalized spacial score (nSPS) is 13.7. The van der Waals surface area contributed by atoms with Crippen molar-refractivity contribution in [2.75, 3.05) is 18.4 Å². The summed E-state index contributed by atoms with van der Waals surface area (Å²) in [4.78, 5) is 29.6. The molecular weight excluding hydrogens is 350 g/mol. The summed E-state index contributed by atoms with van der Waals surface area (Å²) >= 11 is 0. The van der Waals surface area contributed by atoms with Crippen molar-refractivity contribution >= 4 is 34.0 Å². The van der Waals surface area contributed by atoms with E-state index in [4.69, 9.17) is 6.42 Å². The number of rotatable bonds is 2. The van der Waals surface area contributed by atoms with Gasteiger partial charge in [0.1, 0.15) is 0 Å². The van der Waals surface area contributed by atoms with Crippen molar-refractivity contribution in [2.45, 2.75) is 6.42 Å². The minimum Gasteiger partial charge on any atom is -0.361 e. The highest BCUT2D eigenvalue weighted by atomic mass is 16.2. The third kappa shape index (κ3) is 3.40. The molecule has 1 aliphatic rings. The first-order valence-corrected chi connectivity index (χ1v) is 9.08. The molecule has 2 amide bonds. The van der Waals surface area contributed by atoms with Crippen molar-refractivity contribution in [3.05, 3.63) is 71.9 Å². The number of nitrogens with zero attached hydrogens (tertiary/aromatic N) is 1. The number of amides is 2. The molecule has 0 bridgehead atoms. The molecule has 0 radical (unpaired) electrons. The first-order valence-electron chi connectivity index (χ1n) is 9.08. The zero-order valence-corrected chi connectivity index (χ0v) is 15.2. The molecule has 0 saturated carbocycles. The molecule has 2 aromatic carbocycles. The number of anilines is 1. The number of fused-ring (bicyclic) bond motifs is 1. The van der Waals surface area contributed by atoms with Gasteiger partial charge in [0.25, 0.3) is 0 Å². The zero-order valence-electron chi connectivity index (χ0n) is 15.2. The summed E-state index contributed by atoms with van der Waals surface area (Å²) in [6.07, 6.45) is 10.1. The van der Waals surface area contributed by atoms with E-state index in [0.29, 0.717) is 30.8 Å². The van der Waals surface area contributed by atoms with E-state index >= 15 is 0 Å². The van der Waals surface area contributed by atoms with Gasteiger partial charge in [0.05, 0.1) is 0 Å². The van der Waals surface area contributed by atoms with Crippen LogP contribution < -0.4 is 5.32 Å². The fourth-order valence-corrected chi connectivity index (χ4v) is 3.45. The third-order valence-corrected chi connectivity index (χ3v) is 4.91. The Morgan fingerprint density at radius 2 is 2.00 bits per heavy atom. The van der Waals surface area contributed by atoms with Crippen molar-refractivity contribution in [1.29, 1.82) is 0 Å². The number of nitrogens with one attached hydrogen (secondary N) is 2. The van der Waals surface area contributed by atoms with Gasteiger partial charge in [-0.1, -0.05) is 36.3 Å². The summed E-state index contributed by atoms with van der Waals surface area (Å²) in [6, 6.07) is 15.0. The van der Waals surface area contributed by atoms with Crippen molar-refractivity contribution in [2.24, 2.45) is 0 Å². The predicted molar refractivity (Wildman–Crippen MR) is 110 cm³/mol. The molecule has 0 saturated heterocycles. The summed E-state index contributed by atoms with van der Waals surface area (Å²) in [7, 11) is 0. The highest BCUT2D eigenvalue weighted by Crippen LogP contribution is 2.29. The van der Waals surface area contributed by atoms with Gasteiger partial charge >= 0.3 is 11.8 Å². The maximum atomic E-state index is 12.5. The van der Waals surface area contributed by atoms with Gasteiger partial charge in [0.2, 0.25) is 0 Å². The number of terminal acetylenes is 1. The SMILES string of the molecule is C#Cc1cccc(NC(=O)C(=O)N2CC=C(c3c[nH]c4ccccc34)CC2)c1. The first kappa shape index (κ1) is 17.6. The Labute approximate surface area is 163 Å². The summed E-state index contributed by atoms with van der Waals surface area (Å²) in [5.74, 6) is 1.31. The summed E-state index contributed by atoms with van der Waals surface area (Å²) in [5, 5.41) is 3.79. The van der Waals surface area contributed by atoms with Crippen LogP contribution in [-0.2, 0) is 9.59 Å². The number of aromatic amines is 1. The van der Waals surface area contributed by atoms with Crippen LogP contribution in [0.2, 0.25) is 0 Å². The van der Waals surface area contributed by atoms with Crippen LogP contribution in [0.25, 0.3) is 16.5 Å². The Balaban J connectivity index is 1.44. The van der Waals surface area contributed by atoms with Gasteiger partial charge in [-0.15, -0.1) is 6.42 Å². The maximum absolute atomic E-state index is 12.5. The molecule has 2 N–H and O–H groups in total. The molecule has 28 heavy (non-hydrogen) atoms. The van der Waals surface area contributed by atoms with Gasteiger partial charge in [-0.25, -0.2) is 0 Å². The number of hydrogen-bond donors (Lipinski definition) is 2. The second-order valence-corrected chi connectivity index (χ2v) is 6.66. The standard InChI is InChI=1S/C23H19N3O2/c1-2-16-6-5-7-18(14-16)25-22(27)23(28)26-12-10-17(11-13-26)20-15-24-21-9-4-3-8-19(20)21/h1,3-10,14-15,24H,11-13H2,(H,25,27). The van der Waals surface area contributed by atoms with E-state index < -0.39 is 11.8 Å². The van der Waals surface area contributed by atoms with Crippen molar-refractivity contribution in [3.8, 4) is 12.3 Å². The lowest BCUT2D eigenvalue weighted by molar-refractivity contribution is -0.142. The predicted octanol–water partition coefficient (Wildman–Crippen LogP) is 3.40. The van der Waals surface area contributed by atoms with Crippen LogP contribution in [0.1, 0.15) is 17.5 Å². The second-order valence-electron chi connectivity index (χ2n) is 6.66. The molecule has 1 aliphatic heterocycles. The van der Waals surface area contributed by atoms with Gasteiger partial charge in [-0.2, -0.15) is 0 Å². The van der Waals surface area contributed by atoms with E-state index in [1.54, 1.807) is 29.2 Å². The zero-order chi connectivity index (χ0) is 19.5. The van der Waals surface area contributed by atoms with Crippen LogP contribution >= 0.6 is 0 Å². The average molecular weight is 369 g/mol. The van der Waals surface area contributed by atoms with Crippen LogP contribution in [0.15, 0.2) is 60.8 Å². The third-order valence-electron chi connectivity index (χ3n) is 4.91. The van der Waals surface area contributed by atoms with Crippen LogP contribution in [0, 0.1) is 12.3 Å². The topological polar surface area (TPSA) is 65.2 Å². The highest BCUT2D eigenvalue weighted by Gasteiger charge is 2.24. The highest BCUT2D eigenvalue weighted by molar-refractivity contribution is 6.39. The van der Waals surface area contributed by atoms with Crippen LogP contribution in [0.3, 0.4) is 0 Å². The van der Waals surface area contributed by atoms with Crippen molar-refractivity contribution < 1.29 is 9.59 Å². The lowest BCUT2D eigenvalue weighted by atomic mass is 9.99. The Morgan fingerprint density at radius 1 is 1.14 bits per heavy atom. The number of benzene rings is 2. The Bertz CT molecular complexity index is 1130. The number of hydrogen-bond acceptors (Lipinski definition) is 2. The largest absolute Gasteiger partial charge is 0.361 e. The molecule has 4 rings (SSSR count). The van der Waals surface area contributed by atoms with Gasteiger partial charge < -0.3 is 15.2 Å². The molecule has 0 fully saturated rings. The monoisotopic (exact) mass is 369 g/mol. The summed E-state index contributed by atoms with van der Waals surface area (Å²) in [5.41, 5.74) is 4.59. The molecule has 0 unspecified atom stereocenters. The molecule has 0 aliphatic carbocycles. The fourth-order valence-electron chi connectivity index (χ4n) is 3.45. The van der Waals surface area contributed by atoms with E-state index in [0.717, 1.165) is 11.1 Å². The van der Waals surface area contributed by atoms with Crippen LogP contribution in [-0.4, -0.2) is 34.8 Å². The summed E-state index contributed by atoms with van der Waals surface area (Å²) in [6.45, 7) is 0.910. The lowest BCUT2D eigenvalue weighted by Crippen LogP contribution is -2.41. The number of carbonyl (C=O) groups excluding carboxylic acids is 2. The van der Waals surface area contributed by atoms with E-state index in [1.165, 1.54) is 11.0 Å². The molecule has 2 heterocycles. The van der Waals surface area contributed by atoms with Crippen LogP contribution in [0.4, 0.5) is 5.69 Å². The Morgan fingerprint density at radius 3 is 2.79 bits per heavy atom. The minimum absolute atomic E-state index is 0.408. The van der Waals surface area contributed by atoms with E-state index in [2.05, 4.69) is 22.3 Å². The molecule has 0 atom stereocenters. The number of para-hydroxylation sites is 1. The van der Waals surface area contributed by atoms with Gasteiger partial charge in [-0.3, -0.25) is 9.59 Å². The van der Waals surface area contributed by atoms with Gasteiger partial charge in [-0.05, 0) is 36.3 Å². The number of aromatic nitrogens is 1. The first-order chi connectivity index (χ1) is 13.7. The van der Waals surface area contributed by atoms with E-state index in [9.17, 15) is 9.59 Å². The Kier molecular flexibility index (Phi) is 4.69. The van der Waals surface area contributed by atoms with Crippen molar-refractivity contribution in [3.63, 3.8) is 0 Å². The smallest absolute Gasteiger partial charge is 0.313 e. The Hall–Kier alpha value is -3.78. The fraction of sp³-hybridized carbons (Fsp3) is 0.130. The maximum Gasteiger partial charge on any atom is 0.313 e. The number of carbonyl (C=O) groups is 2. The van der Waals surface area contributed by atoms with Crippen LogP contribution in [0.5, 0.6) is 0 Å². The molecule has 0 spiro atoms. The second kappa shape index (κ2) is 7.45. The van der Waals surface area contributed by atoms with Gasteiger partial charge in [0.15, 0.2) is 0 Å². The molecule has 1 aromatic heterocycles. The average Bonchev–Trinajstić information content (AvgIpc) is 3.17. The molecule has 3 aromatic rings. The van der Waals surface area contributed by atoms with Gasteiger partial charge in [0, 0.05) is 47.0 Å². The van der Waals surface area contributed by atoms with E-state index in [-0.39, 0.29) is 0 Å². The quantitative estimate of drug-likeness (QED) is 0.537. The summed E-state index contributed by atoms with van der Waals surface area (Å²) < 4.78 is 0. The van der Waals surface area contributed by atoms with Crippen molar-refractivity contribution in [1.82, 2.24) is 9.88 Å². The molecule has 5 heteroatoms. The molecule has 5 nitrogen and oxygen atoms in total. The lowest BCUT2D eigenvalue weighted by Gasteiger charge is -2.26. The minimum atomic E-state index is -0.655. The molecule has 138 valence electrons.